The van der Waals surface area contributed by atoms with Crippen LogP contribution in [0.2, 0.25) is 5.02 Å². The molecule has 0 spiro atoms. The second-order valence-corrected chi connectivity index (χ2v) is 4.50. The van der Waals surface area contributed by atoms with Crippen LogP contribution in [0.15, 0.2) is 18.2 Å². The number of rotatable bonds is 4. The van der Waals surface area contributed by atoms with Gasteiger partial charge in [0.2, 0.25) is 0 Å². The van der Waals surface area contributed by atoms with E-state index in [0.29, 0.717) is 10.7 Å². The molecule has 0 bridgehead atoms. The number of nitrogens with one attached hydrogen (secondary N) is 1. The molecule has 84 valence electrons. The van der Waals surface area contributed by atoms with Crippen LogP contribution >= 0.6 is 11.6 Å². The van der Waals surface area contributed by atoms with Crippen molar-refractivity contribution in [2.45, 2.75) is 39.2 Å². The Labute approximate surface area is 96.8 Å². The maximum absolute atomic E-state index is 6.11. The Morgan fingerprint density at radius 1 is 1.33 bits per heavy atom. The molecule has 3 heteroatoms. The maximum Gasteiger partial charge on any atom is 0.0767 e. The topological polar surface area (TPSA) is 38.0 Å². The SMILES string of the molecule is CCC(C)(CC)Nc1c(N)cccc1Cl. The van der Waals surface area contributed by atoms with Crippen LogP contribution in [-0.2, 0) is 0 Å². The molecule has 2 nitrogen and oxygen atoms in total. The molecule has 0 unspecified atom stereocenters. The molecule has 1 aromatic carbocycles. The van der Waals surface area contributed by atoms with Crippen molar-refractivity contribution in [3.63, 3.8) is 0 Å². The standard InChI is InChI=1S/C12H19ClN2/c1-4-12(3,5-2)15-11-9(13)7-6-8-10(11)14/h6-8,15H,4-5,14H2,1-3H3. The summed E-state index contributed by atoms with van der Waals surface area (Å²) < 4.78 is 0. The Bertz CT molecular complexity index is 312. The highest BCUT2D eigenvalue weighted by atomic mass is 35.5. The van der Waals surface area contributed by atoms with Crippen LogP contribution in [0.25, 0.3) is 0 Å². The van der Waals surface area contributed by atoms with Crippen molar-refractivity contribution in [1.82, 2.24) is 0 Å². The predicted octanol–water partition coefficient (Wildman–Crippen LogP) is 3.91. The summed E-state index contributed by atoms with van der Waals surface area (Å²) in [4.78, 5) is 0. The van der Waals surface area contributed by atoms with Gasteiger partial charge in [0.1, 0.15) is 0 Å². The van der Waals surface area contributed by atoms with Crippen molar-refractivity contribution in [3.8, 4) is 0 Å². The molecule has 0 aliphatic rings. The minimum atomic E-state index is 0.0547. The summed E-state index contributed by atoms with van der Waals surface area (Å²) in [6.45, 7) is 6.49. The second kappa shape index (κ2) is 4.75. The Morgan fingerprint density at radius 2 is 1.93 bits per heavy atom. The van der Waals surface area contributed by atoms with Crippen molar-refractivity contribution >= 4 is 23.0 Å². The van der Waals surface area contributed by atoms with E-state index in [1.165, 1.54) is 0 Å². The zero-order valence-corrected chi connectivity index (χ0v) is 10.4. The highest BCUT2D eigenvalue weighted by Gasteiger charge is 2.20. The van der Waals surface area contributed by atoms with E-state index in [1.807, 2.05) is 18.2 Å². The third-order valence-corrected chi connectivity index (χ3v) is 3.35. The molecule has 15 heavy (non-hydrogen) atoms. The normalized spacial score (nSPS) is 11.5. The van der Waals surface area contributed by atoms with Gasteiger partial charge in [-0.15, -0.1) is 0 Å². The average Bonchev–Trinajstić information content (AvgIpc) is 2.23. The number of benzene rings is 1. The first-order valence-corrected chi connectivity index (χ1v) is 5.72. The third kappa shape index (κ3) is 2.78. The van der Waals surface area contributed by atoms with Gasteiger partial charge in [-0.25, -0.2) is 0 Å². The van der Waals surface area contributed by atoms with E-state index in [2.05, 4.69) is 26.1 Å². The molecule has 0 fully saturated rings. The zero-order valence-electron chi connectivity index (χ0n) is 9.60. The number of hydrogen-bond acceptors (Lipinski definition) is 2. The summed E-state index contributed by atoms with van der Waals surface area (Å²) in [6.07, 6.45) is 2.07. The molecule has 0 heterocycles. The summed E-state index contributed by atoms with van der Waals surface area (Å²) in [5, 5.41) is 4.12. The molecule has 0 saturated carbocycles. The van der Waals surface area contributed by atoms with Gasteiger partial charge in [-0.1, -0.05) is 31.5 Å². The molecule has 0 atom stereocenters. The largest absolute Gasteiger partial charge is 0.397 e. The summed E-state index contributed by atoms with van der Waals surface area (Å²) in [7, 11) is 0. The number of nitrogen functional groups attached to an aromatic ring is 1. The molecule has 3 N–H and O–H groups in total. The van der Waals surface area contributed by atoms with E-state index in [1.54, 1.807) is 0 Å². The fourth-order valence-electron chi connectivity index (χ4n) is 1.40. The smallest absolute Gasteiger partial charge is 0.0767 e. The molecule has 0 aliphatic heterocycles. The Balaban J connectivity index is 2.98. The Morgan fingerprint density at radius 3 is 2.40 bits per heavy atom. The van der Waals surface area contributed by atoms with Gasteiger partial charge in [0.15, 0.2) is 0 Å². The predicted molar refractivity (Wildman–Crippen MR) is 68.5 cm³/mol. The molecule has 1 aromatic rings. The van der Waals surface area contributed by atoms with Crippen LogP contribution in [0, 0.1) is 0 Å². The summed E-state index contributed by atoms with van der Waals surface area (Å²) >= 11 is 6.11. The first-order chi connectivity index (χ1) is 7.02. The first-order valence-electron chi connectivity index (χ1n) is 5.34. The number of anilines is 2. The number of halogens is 1. The van der Waals surface area contributed by atoms with E-state index < -0.39 is 0 Å². The molecule has 0 amide bonds. The van der Waals surface area contributed by atoms with Gasteiger partial charge >= 0.3 is 0 Å². The van der Waals surface area contributed by atoms with Gasteiger partial charge in [0.25, 0.3) is 0 Å². The Kier molecular flexibility index (Phi) is 3.86. The van der Waals surface area contributed by atoms with Crippen LogP contribution in [0.1, 0.15) is 33.6 Å². The van der Waals surface area contributed by atoms with Crippen molar-refractivity contribution in [2.24, 2.45) is 0 Å². The van der Waals surface area contributed by atoms with Gasteiger partial charge in [-0.2, -0.15) is 0 Å². The summed E-state index contributed by atoms with van der Waals surface area (Å²) in [6, 6.07) is 5.57. The molecule has 1 rings (SSSR count). The quantitative estimate of drug-likeness (QED) is 0.764. The van der Waals surface area contributed by atoms with Crippen molar-refractivity contribution in [3.05, 3.63) is 23.2 Å². The molecular weight excluding hydrogens is 208 g/mol. The van der Waals surface area contributed by atoms with E-state index in [4.69, 9.17) is 17.3 Å². The van der Waals surface area contributed by atoms with Crippen molar-refractivity contribution < 1.29 is 0 Å². The van der Waals surface area contributed by atoms with E-state index in [9.17, 15) is 0 Å². The number of hydrogen-bond donors (Lipinski definition) is 2. The molecular formula is C12H19ClN2. The monoisotopic (exact) mass is 226 g/mol. The van der Waals surface area contributed by atoms with Crippen LogP contribution in [0.5, 0.6) is 0 Å². The van der Waals surface area contributed by atoms with E-state index >= 15 is 0 Å². The lowest BCUT2D eigenvalue weighted by Gasteiger charge is -2.30. The molecule has 0 aromatic heterocycles. The minimum Gasteiger partial charge on any atom is -0.397 e. The molecule has 0 saturated heterocycles. The van der Waals surface area contributed by atoms with Crippen LogP contribution in [-0.4, -0.2) is 5.54 Å². The highest BCUT2D eigenvalue weighted by Crippen LogP contribution is 2.32. The zero-order chi connectivity index (χ0) is 11.5. The van der Waals surface area contributed by atoms with Crippen LogP contribution < -0.4 is 11.1 Å². The second-order valence-electron chi connectivity index (χ2n) is 4.10. The van der Waals surface area contributed by atoms with Crippen LogP contribution in [0.4, 0.5) is 11.4 Å². The average molecular weight is 227 g/mol. The Hall–Kier alpha value is -0.890. The summed E-state index contributed by atoms with van der Waals surface area (Å²) in [5.74, 6) is 0. The lowest BCUT2D eigenvalue weighted by Crippen LogP contribution is -2.33. The number of para-hydroxylation sites is 1. The molecule has 0 radical (unpaired) electrons. The molecule has 0 aliphatic carbocycles. The van der Waals surface area contributed by atoms with Crippen molar-refractivity contribution in [1.29, 1.82) is 0 Å². The van der Waals surface area contributed by atoms with Gasteiger partial charge in [0, 0.05) is 5.54 Å². The third-order valence-electron chi connectivity index (χ3n) is 3.03. The maximum atomic E-state index is 6.11. The van der Waals surface area contributed by atoms with Gasteiger partial charge < -0.3 is 11.1 Å². The van der Waals surface area contributed by atoms with Gasteiger partial charge in [0.05, 0.1) is 16.4 Å². The van der Waals surface area contributed by atoms with E-state index in [-0.39, 0.29) is 5.54 Å². The van der Waals surface area contributed by atoms with E-state index in [0.717, 1.165) is 18.5 Å². The minimum absolute atomic E-state index is 0.0547. The number of nitrogens with two attached hydrogens (primary N) is 1. The highest BCUT2D eigenvalue weighted by molar-refractivity contribution is 6.33. The van der Waals surface area contributed by atoms with Gasteiger partial charge in [-0.3, -0.25) is 0 Å². The van der Waals surface area contributed by atoms with Crippen LogP contribution in [0.3, 0.4) is 0 Å². The lowest BCUT2D eigenvalue weighted by molar-refractivity contribution is 0.479. The summed E-state index contributed by atoms with van der Waals surface area (Å²) in [5.41, 5.74) is 7.50. The van der Waals surface area contributed by atoms with Crippen molar-refractivity contribution in [2.75, 3.05) is 11.1 Å². The lowest BCUT2D eigenvalue weighted by atomic mass is 9.95. The fourth-order valence-corrected chi connectivity index (χ4v) is 1.63. The fraction of sp³-hybridized carbons (Fsp3) is 0.500. The first kappa shape index (κ1) is 12.2. The van der Waals surface area contributed by atoms with Gasteiger partial charge in [-0.05, 0) is 31.9 Å².